The summed E-state index contributed by atoms with van der Waals surface area (Å²) in [6.45, 7) is -1.27. The van der Waals surface area contributed by atoms with Gasteiger partial charge in [-0.25, -0.2) is 4.79 Å². The van der Waals surface area contributed by atoms with Gasteiger partial charge >= 0.3 is 12.0 Å². The number of nitrogens with zero attached hydrogens (tertiary/aromatic N) is 1. The molecule has 9 nitrogen and oxygen atoms in total. The number of hydrogen-bond donors (Lipinski definition) is 2. The molecule has 142 valence electrons. The Morgan fingerprint density at radius 3 is 2.44 bits per heavy atom. The van der Waals surface area contributed by atoms with Gasteiger partial charge in [0.1, 0.15) is 12.1 Å². The van der Waals surface area contributed by atoms with E-state index >= 15 is 0 Å². The van der Waals surface area contributed by atoms with Crippen molar-refractivity contribution in [1.29, 1.82) is 0 Å². The Morgan fingerprint density at radius 1 is 1.11 bits per heavy atom. The van der Waals surface area contributed by atoms with Crippen LogP contribution in [0.2, 0.25) is 0 Å². The number of hydrogen-bond acceptors (Lipinski definition) is 6. The summed E-state index contributed by atoms with van der Waals surface area (Å²) < 4.78 is 4.77. The molecule has 5 amide bonds. The molecule has 0 unspecified atom stereocenters. The van der Waals surface area contributed by atoms with Crippen LogP contribution in [0.1, 0.15) is 36.0 Å². The van der Waals surface area contributed by atoms with Crippen molar-refractivity contribution < 1.29 is 28.7 Å². The molecule has 0 radical (unpaired) electrons. The molecule has 1 aromatic rings. The van der Waals surface area contributed by atoms with Crippen LogP contribution >= 0.6 is 0 Å². The second-order valence-electron chi connectivity index (χ2n) is 6.51. The lowest BCUT2D eigenvalue weighted by molar-refractivity contribution is -0.150. The second kappa shape index (κ2) is 7.56. The number of urea groups is 1. The fourth-order valence-corrected chi connectivity index (χ4v) is 3.28. The van der Waals surface area contributed by atoms with Gasteiger partial charge < -0.3 is 10.1 Å². The molecule has 2 aliphatic rings. The number of imide groups is 2. The number of rotatable bonds is 5. The van der Waals surface area contributed by atoms with E-state index in [1.165, 1.54) is 12.1 Å². The predicted octanol–water partition coefficient (Wildman–Crippen LogP) is 0.351. The monoisotopic (exact) mass is 373 g/mol. The first-order valence-corrected chi connectivity index (χ1v) is 8.60. The Balaban J connectivity index is 1.47. The lowest BCUT2D eigenvalue weighted by Crippen LogP contribution is -2.44. The standard InChI is InChI=1S/C18H19N3O6/c22-13(19-15(24)12-6-2-1-3-7-12)11-27-14(23)10-21-16(25)18(20-17(21)26)8-4-5-9-18/h1-3,6-7H,4-5,8-11H2,(H,20,26)(H,19,22,24). The first-order valence-electron chi connectivity index (χ1n) is 8.60. The molecule has 1 heterocycles. The van der Waals surface area contributed by atoms with Crippen molar-refractivity contribution in [2.75, 3.05) is 13.2 Å². The van der Waals surface area contributed by atoms with Gasteiger partial charge in [0.2, 0.25) is 0 Å². The summed E-state index contributed by atoms with van der Waals surface area (Å²) in [6, 6.07) is 7.45. The Labute approximate surface area is 155 Å². The van der Waals surface area contributed by atoms with Gasteiger partial charge in [0.25, 0.3) is 17.7 Å². The highest BCUT2D eigenvalue weighted by molar-refractivity contribution is 6.09. The molecule has 0 aromatic heterocycles. The summed E-state index contributed by atoms with van der Waals surface area (Å²) in [6.07, 6.45) is 2.76. The van der Waals surface area contributed by atoms with Crippen LogP contribution in [0, 0.1) is 0 Å². The van der Waals surface area contributed by atoms with Crippen molar-refractivity contribution in [1.82, 2.24) is 15.5 Å². The predicted molar refractivity (Wildman–Crippen MR) is 91.3 cm³/mol. The zero-order valence-corrected chi connectivity index (χ0v) is 14.5. The fourth-order valence-electron chi connectivity index (χ4n) is 3.28. The molecule has 2 fully saturated rings. The SMILES string of the molecule is O=C(COC(=O)CN1C(=O)NC2(CCCC2)C1=O)NC(=O)c1ccccc1. The summed E-state index contributed by atoms with van der Waals surface area (Å²) in [7, 11) is 0. The van der Waals surface area contributed by atoms with Gasteiger partial charge in [0.15, 0.2) is 6.61 Å². The summed E-state index contributed by atoms with van der Waals surface area (Å²) in [4.78, 5) is 60.7. The minimum absolute atomic E-state index is 0.290. The molecule has 1 aromatic carbocycles. The highest BCUT2D eigenvalue weighted by Crippen LogP contribution is 2.34. The zero-order chi connectivity index (χ0) is 19.4. The first kappa shape index (κ1) is 18.6. The lowest BCUT2D eigenvalue weighted by Gasteiger charge is -2.19. The number of carbonyl (C=O) groups excluding carboxylic acids is 5. The Morgan fingerprint density at radius 2 is 1.78 bits per heavy atom. The number of carbonyl (C=O) groups is 5. The molecule has 27 heavy (non-hydrogen) atoms. The Hall–Kier alpha value is -3.23. The van der Waals surface area contributed by atoms with E-state index in [1.54, 1.807) is 18.2 Å². The van der Waals surface area contributed by atoms with E-state index in [4.69, 9.17) is 4.74 Å². The normalized spacial score (nSPS) is 17.7. The maximum Gasteiger partial charge on any atom is 0.326 e. The highest BCUT2D eigenvalue weighted by atomic mass is 16.5. The van der Waals surface area contributed by atoms with E-state index in [0.717, 1.165) is 17.7 Å². The van der Waals surface area contributed by atoms with Gasteiger partial charge in [-0.1, -0.05) is 31.0 Å². The van der Waals surface area contributed by atoms with Gasteiger partial charge in [0, 0.05) is 5.56 Å². The Kier molecular flexibility index (Phi) is 5.20. The molecule has 1 saturated heterocycles. The largest absolute Gasteiger partial charge is 0.454 e. The number of amides is 5. The summed E-state index contributed by atoms with van der Waals surface area (Å²) in [5, 5.41) is 4.74. The van der Waals surface area contributed by atoms with E-state index < -0.39 is 48.4 Å². The van der Waals surface area contributed by atoms with Crippen molar-refractivity contribution in [3.8, 4) is 0 Å². The average molecular weight is 373 g/mol. The van der Waals surface area contributed by atoms with Crippen molar-refractivity contribution >= 4 is 29.7 Å². The molecule has 0 atom stereocenters. The van der Waals surface area contributed by atoms with Crippen LogP contribution in [0.4, 0.5) is 4.79 Å². The number of esters is 1. The highest BCUT2D eigenvalue weighted by Gasteiger charge is 2.52. The molecule has 1 aliphatic heterocycles. The van der Waals surface area contributed by atoms with Crippen LogP contribution in [0.15, 0.2) is 30.3 Å². The summed E-state index contributed by atoms with van der Waals surface area (Å²) in [5.41, 5.74) is -0.616. The van der Waals surface area contributed by atoms with Crippen molar-refractivity contribution in [2.45, 2.75) is 31.2 Å². The average Bonchev–Trinajstić information content (AvgIpc) is 3.21. The van der Waals surface area contributed by atoms with Gasteiger partial charge in [-0.3, -0.25) is 29.4 Å². The molecule has 0 bridgehead atoms. The maximum atomic E-state index is 12.4. The van der Waals surface area contributed by atoms with Crippen LogP contribution in [0.3, 0.4) is 0 Å². The molecule has 9 heteroatoms. The summed E-state index contributed by atoms with van der Waals surface area (Å²) >= 11 is 0. The van der Waals surface area contributed by atoms with E-state index in [-0.39, 0.29) is 0 Å². The van der Waals surface area contributed by atoms with Gasteiger partial charge in [0.05, 0.1) is 0 Å². The van der Waals surface area contributed by atoms with E-state index in [9.17, 15) is 24.0 Å². The lowest BCUT2D eigenvalue weighted by atomic mass is 9.98. The molecular formula is C18H19N3O6. The van der Waals surface area contributed by atoms with Crippen molar-refractivity contribution in [3.05, 3.63) is 35.9 Å². The second-order valence-corrected chi connectivity index (χ2v) is 6.51. The zero-order valence-electron chi connectivity index (χ0n) is 14.5. The van der Waals surface area contributed by atoms with Gasteiger partial charge in [-0.2, -0.15) is 0 Å². The van der Waals surface area contributed by atoms with Crippen LogP contribution < -0.4 is 10.6 Å². The third-order valence-electron chi connectivity index (χ3n) is 4.64. The van der Waals surface area contributed by atoms with Gasteiger partial charge in [-0.05, 0) is 25.0 Å². The molecule has 1 aliphatic carbocycles. The van der Waals surface area contributed by atoms with E-state index in [0.29, 0.717) is 18.4 Å². The van der Waals surface area contributed by atoms with Crippen molar-refractivity contribution in [2.24, 2.45) is 0 Å². The van der Waals surface area contributed by atoms with Crippen LogP contribution in [-0.2, 0) is 19.1 Å². The van der Waals surface area contributed by atoms with Gasteiger partial charge in [-0.15, -0.1) is 0 Å². The molecule has 3 rings (SSSR count). The molecule has 1 spiro atoms. The number of ether oxygens (including phenoxy) is 1. The topological polar surface area (TPSA) is 122 Å². The smallest absolute Gasteiger partial charge is 0.326 e. The first-order chi connectivity index (χ1) is 12.9. The Bertz CT molecular complexity index is 786. The van der Waals surface area contributed by atoms with Crippen molar-refractivity contribution in [3.63, 3.8) is 0 Å². The van der Waals surface area contributed by atoms with E-state index in [2.05, 4.69) is 10.6 Å². The number of benzene rings is 1. The fraction of sp³-hybridized carbons (Fsp3) is 0.389. The molecule has 2 N–H and O–H groups in total. The quantitative estimate of drug-likeness (QED) is 0.567. The van der Waals surface area contributed by atoms with Crippen LogP contribution in [0.5, 0.6) is 0 Å². The number of nitrogens with one attached hydrogen (secondary N) is 2. The summed E-state index contributed by atoms with van der Waals surface area (Å²) in [5.74, 6) is -2.77. The third kappa shape index (κ3) is 3.97. The minimum atomic E-state index is -0.907. The maximum absolute atomic E-state index is 12.4. The molecular weight excluding hydrogens is 354 g/mol. The molecule has 1 saturated carbocycles. The van der Waals surface area contributed by atoms with E-state index in [1.807, 2.05) is 0 Å². The third-order valence-corrected chi connectivity index (χ3v) is 4.64. The van der Waals surface area contributed by atoms with Crippen LogP contribution in [0.25, 0.3) is 0 Å². The minimum Gasteiger partial charge on any atom is -0.454 e. The van der Waals surface area contributed by atoms with Crippen LogP contribution in [-0.4, -0.2) is 53.3 Å².